The van der Waals surface area contributed by atoms with Gasteiger partial charge in [-0.25, -0.2) is 9.98 Å². The van der Waals surface area contributed by atoms with Gasteiger partial charge in [0.05, 0.1) is 6.54 Å². The molecule has 0 spiro atoms. The van der Waals surface area contributed by atoms with E-state index in [4.69, 9.17) is 4.74 Å². The van der Waals surface area contributed by atoms with E-state index in [2.05, 4.69) is 9.98 Å². The quantitative estimate of drug-likeness (QED) is 0.583. The number of rotatable bonds is 1. The molecule has 2 rings (SSSR count). The van der Waals surface area contributed by atoms with Crippen LogP contribution >= 0.6 is 0 Å². The minimum Gasteiger partial charge on any atom is -0.476 e. The molecule has 1 aromatic rings. The molecule has 1 aliphatic heterocycles. The monoisotopic (exact) mass is 166 g/mol. The van der Waals surface area contributed by atoms with Crippen LogP contribution in [-0.2, 0) is 4.74 Å². The largest absolute Gasteiger partial charge is 0.476 e. The highest BCUT2D eigenvalue weighted by Crippen LogP contribution is 2.07. The van der Waals surface area contributed by atoms with E-state index in [1.54, 1.807) is 6.07 Å². The molecule has 3 nitrogen and oxygen atoms in total. The molecule has 1 aliphatic rings. The van der Waals surface area contributed by atoms with E-state index in [1.807, 2.05) is 0 Å². The van der Waals surface area contributed by atoms with Gasteiger partial charge in [-0.1, -0.05) is 0 Å². The van der Waals surface area contributed by atoms with Crippen LogP contribution in [0.15, 0.2) is 23.3 Å². The molecule has 0 aromatic carbocycles. The molecule has 0 aliphatic carbocycles. The Labute approximate surface area is 68.9 Å². The van der Waals surface area contributed by atoms with Crippen molar-refractivity contribution in [1.82, 2.24) is 4.98 Å². The molecule has 0 fully saturated rings. The average molecular weight is 166 g/mol. The summed E-state index contributed by atoms with van der Waals surface area (Å²) in [6.45, 7) is 1.23. The number of hydrogen-bond donors (Lipinski definition) is 0. The lowest BCUT2D eigenvalue weighted by molar-refractivity contribution is 0.348. The van der Waals surface area contributed by atoms with Crippen molar-refractivity contribution < 1.29 is 9.13 Å². The third kappa shape index (κ3) is 1.28. The van der Waals surface area contributed by atoms with Crippen LogP contribution in [0.5, 0.6) is 0 Å². The maximum Gasteiger partial charge on any atom is 0.216 e. The molecule has 0 unspecified atom stereocenters. The molecule has 4 heteroatoms. The number of halogens is 1. The Morgan fingerprint density at radius 3 is 3.08 bits per heavy atom. The lowest BCUT2D eigenvalue weighted by atomic mass is 10.3. The summed E-state index contributed by atoms with van der Waals surface area (Å²) in [7, 11) is 0. The number of aliphatic imine (C=N–C) groups is 1. The summed E-state index contributed by atoms with van der Waals surface area (Å²) in [6, 6.07) is 2.98. The van der Waals surface area contributed by atoms with Crippen LogP contribution in [0, 0.1) is 5.95 Å². The second-order valence-electron chi connectivity index (χ2n) is 2.40. The van der Waals surface area contributed by atoms with E-state index < -0.39 is 5.95 Å². The van der Waals surface area contributed by atoms with E-state index in [-0.39, 0.29) is 0 Å². The first kappa shape index (κ1) is 7.21. The van der Waals surface area contributed by atoms with Crippen molar-refractivity contribution in [2.45, 2.75) is 0 Å². The van der Waals surface area contributed by atoms with Crippen molar-refractivity contribution in [3.05, 3.63) is 29.8 Å². The fraction of sp³-hybridized carbons (Fsp3) is 0.250. The number of ether oxygens (including phenoxy) is 1. The summed E-state index contributed by atoms with van der Waals surface area (Å²) >= 11 is 0. The first-order valence-electron chi connectivity index (χ1n) is 3.65. The summed E-state index contributed by atoms with van der Waals surface area (Å²) in [4.78, 5) is 7.48. The Kier molecular flexibility index (Phi) is 1.74. The first-order valence-corrected chi connectivity index (χ1v) is 3.65. The molecule has 0 saturated carbocycles. The van der Waals surface area contributed by atoms with Gasteiger partial charge in [-0.3, -0.25) is 0 Å². The Morgan fingerprint density at radius 1 is 1.50 bits per heavy atom. The van der Waals surface area contributed by atoms with Crippen LogP contribution < -0.4 is 0 Å². The summed E-state index contributed by atoms with van der Waals surface area (Å²) < 4.78 is 17.7. The van der Waals surface area contributed by atoms with Crippen molar-refractivity contribution in [1.29, 1.82) is 0 Å². The van der Waals surface area contributed by atoms with E-state index in [1.165, 1.54) is 12.3 Å². The maximum absolute atomic E-state index is 12.6. The average Bonchev–Trinajstić information content (AvgIpc) is 2.56. The Hall–Kier alpha value is -1.45. The zero-order valence-corrected chi connectivity index (χ0v) is 6.33. The van der Waals surface area contributed by atoms with Crippen LogP contribution in [0.25, 0.3) is 0 Å². The Morgan fingerprint density at radius 2 is 2.42 bits per heavy atom. The van der Waals surface area contributed by atoms with Gasteiger partial charge in [-0.05, 0) is 6.07 Å². The zero-order chi connectivity index (χ0) is 8.39. The Bertz CT molecular complexity index is 325. The lowest BCUT2D eigenvalue weighted by Crippen LogP contribution is -2.01. The molecule has 0 radical (unpaired) electrons. The third-order valence-electron chi connectivity index (χ3n) is 1.56. The maximum atomic E-state index is 12.6. The second-order valence-corrected chi connectivity index (χ2v) is 2.40. The highest BCUT2D eigenvalue weighted by molar-refractivity contribution is 5.94. The minimum absolute atomic E-state index is 0.509. The van der Waals surface area contributed by atoms with Crippen LogP contribution in [0.4, 0.5) is 4.39 Å². The fourth-order valence-electron chi connectivity index (χ4n) is 1.05. The molecule has 62 valence electrons. The molecule has 12 heavy (non-hydrogen) atoms. The van der Waals surface area contributed by atoms with Crippen molar-refractivity contribution in [2.75, 3.05) is 13.2 Å². The van der Waals surface area contributed by atoms with E-state index >= 15 is 0 Å². The normalized spacial score (nSPS) is 15.6. The van der Waals surface area contributed by atoms with E-state index in [9.17, 15) is 4.39 Å². The van der Waals surface area contributed by atoms with Crippen molar-refractivity contribution in [3.63, 3.8) is 0 Å². The predicted molar refractivity (Wildman–Crippen MR) is 41.6 cm³/mol. The summed E-state index contributed by atoms with van der Waals surface area (Å²) in [5.74, 6) is 0.00185. The molecule has 0 atom stereocenters. The zero-order valence-electron chi connectivity index (χ0n) is 6.33. The van der Waals surface area contributed by atoms with Crippen LogP contribution in [0.1, 0.15) is 5.56 Å². The van der Waals surface area contributed by atoms with Crippen LogP contribution in [0.2, 0.25) is 0 Å². The van der Waals surface area contributed by atoms with Gasteiger partial charge in [-0.15, -0.1) is 0 Å². The predicted octanol–water partition coefficient (Wildman–Crippen LogP) is 0.998. The van der Waals surface area contributed by atoms with E-state index in [0.717, 1.165) is 0 Å². The number of pyridine rings is 1. The van der Waals surface area contributed by atoms with Gasteiger partial charge >= 0.3 is 0 Å². The molecular weight excluding hydrogens is 159 g/mol. The van der Waals surface area contributed by atoms with E-state index in [0.29, 0.717) is 24.6 Å². The summed E-state index contributed by atoms with van der Waals surface area (Å²) in [5, 5.41) is 0. The highest BCUT2D eigenvalue weighted by Gasteiger charge is 2.10. The summed E-state index contributed by atoms with van der Waals surface area (Å²) in [6.07, 6.45) is 1.40. The first-order chi connectivity index (χ1) is 5.86. The standard InChI is InChI=1S/C8H7FN2O/c9-7-5-6(1-2-10-7)8-11-3-4-12-8/h1-2,5H,3-4H2. The topological polar surface area (TPSA) is 34.5 Å². The minimum atomic E-state index is -0.509. The Balaban J connectivity index is 2.33. The van der Waals surface area contributed by atoms with Crippen LogP contribution in [0.3, 0.4) is 0 Å². The SMILES string of the molecule is Fc1cc(C2=NCCO2)ccn1. The molecule has 0 N–H and O–H groups in total. The van der Waals surface area contributed by atoms with Gasteiger partial charge in [0, 0.05) is 17.8 Å². The number of hydrogen-bond acceptors (Lipinski definition) is 3. The molecule has 0 bridgehead atoms. The molecular formula is C8H7FN2O. The number of aromatic nitrogens is 1. The summed E-state index contributed by atoms with van der Waals surface area (Å²) in [5.41, 5.74) is 0.653. The van der Waals surface area contributed by atoms with Crippen molar-refractivity contribution >= 4 is 5.90 Å². The van der Waals surface area contributed by atoms with Crippen molar-refractivity contribution in [3.8, 4) is 0 Å². The van der Waals surface area contributed by atoms with Crippen molar-refractivity contribution in [2.24, 2.45) is 4.99 Å². The molecule has 0 amide bonds. The van der Waals surface area contributed by atoms with Gasteiger partial charge in [0.15, 0.2) is 0 Å². The number of nitrogens with zero attached hydrogens (tertiary/aromatic N) is 2. The van der Waals surface area contributed by atoms with Gasteiger partial charge in [0.1, 0.15) is 6.61 Å². The molecule has 0 saturated heterocycles. The second kappa shape index (κ2) is 2.89. The molecule has 2 heterocycles. The van der Waals surface area contributed by atoms with Gasteiger partial charge in [0.2, 0.25) is 11.8 Å². The highest BCUT2D eigenvalue weighted by atomic mass is 19.1. The van der Waals surface area contributed by atoms with Gasteiger partial charge in [0.25, 0.3) is 0 Å². The third-order valence-corrected chi connectivity index (χ3v) is 1.56. The molecule has 1 aromatic heterocycles. The van der Waals surface area contributed by atoms with Gasteiger partial charge in [-0.2, -0.15) is 4.39 Å². The smallest absolute Gasteiger partial charge is 0.216 e. The lowest BCUT2D eigenvalue weighted by Gasteiger charge is -1.99. The fourth-order valence-corrected chi connectivity index (χ4v) is 1.05. The van der Waals surface area contributed by atoms with Gasteiger partial charge < -0.3 is 4.74 Å². The van der Waals surface area contributed by atoms with Crippen LogP contribution in [-0.4, -0.2) is 24.0 Å².